The van der Waals surface area contributed by atoms with Gasteiger partial charge >= 0.3 is 0 Å². The van der Waals surface area contributed by atoms with Crippen molar-refractivity contribution in [3.05, 3.63) is 58.7 Å². The van der Waals surface area contributed by atoms with Crippen molar-refractivity contribution in [2.45, 2.75) is 39.8 Å². The highest BCUT2D eigenvalue weighted by atomic mass is 16.6. The van der Waals surface area contributed by atoms with E-state index in [0.29, 0.717) is 12.1 Å². The van der Waals surface area contributed by atoms with Gasteiger partial charge in [0.25, 0.3) is 5.69 Å². The van der Waals surface area contributed by atoms with E-state index >= 15 is 0 Å². The molecule has 0 saturated carbocycles. The van der Waals surface area contributed by atoms with E-state index in [1.807, 2.05) is 10.8 Å². The topological polar surface area (TPSA) is 90.1 Å². The van der Waals surface area contributed by atoms with Crippen molar-refractivity contribution in [1.82, 2.24) is 14.9 Å². The third-order valence-corrected chi connectivity index (χ3v) is 3.82. The Labute approximate surface area is 140 Å². The van der Waals surface area contributed by atoms with E-state index in [-0.39, 0.29) is 29.5 Å². The summed E-state index contributed by atoms with van der Waals surface area (Å²) in [6, 6.07) is 6.07. The summed E-state index contributed by atoms with van der Waals surface area (Å²) in [4.78, 5) is 26.8. The number of carbonyl (C=O) groups excluding carboxylic acids is 1. The molecule has 0 unspecified atom stereocenters. The molecule has 7 nitrogen and oxygen atoms in total. The van der Waals surface area contributed by atoms with Gasteiger partial charge in [-0.05, 0) is 11.0 Å². The second-order valence-corrected chi connectivity index (χ2v) is 6.85. The molecule has 1 N–H and O–H groups in total. The van der Waals surface area contributed by atoms with Gasteiger partial charge in [-0.25, -0.2) is 4.98 Å². The number of aromatic nitrogens is 2. The van der Waals surface area contributed by atoms with Gasteiger partial charge in [-0.15, -0.1) is 0 Å². The SMILES string of the molecule is CC(C)(C)[C@H](Cn1ccnc1)NC(=O)Cc1cccc([N+](=O)[O-])c1. The number of amides is 1. The molecular formula is C17H22N4O3. The van der Waals surface area contributed by atoms with Crippen molar-refractivity contribution in [3.8, 4) is 0 Å². The van der Waals surface area contributed by atoms with Crippen LogP contribution in [0.3, 0.4) is 0 Å². The van der Waals surface area contributed by atoms with Gasteiger partial charge in [-0.2, -0.15) is 0 Å². The molecule has 1 aromatic heterocycles. The number of hydrogen-bond donors (Lipinski definition) is 1. The highest BCUT2D eigenvalue weighted by Gasteiger charge is 2.26. The Bertz CT molecular complexity index is 705. The number of non-ortho nitro benzene ring substituents is 1. The number of carbonyl (C=O) groups is 1. The molecule has 0 aliphatic heterocycles. The fourth-order valence-corrected chi connectivity index (χ4v) is 2.35. The zero-order chi connectivity index (χ0) is 17.7. The van der Waals surface area contributed by atoms with Gasteiger partial charge in [0.05, 0.1) is 23.7 Å². The van der Waals surface area contributed by atoms with Crippen LogP contribution in [-0.4, -0.2) is 26.4 Å². The zero-order valence-corrected chi connectivity index (χ0v) is 14.1. The van der Waals surface area contributed by atoms with E-state index < -0.39 is 4.92 Å². The standard InChI is InChI=1S/C17H22N4O3/c1-17(2,3)15(11-20-8-7-18-12-20)19-16(22)10-13-5-4-6-14(9-13)21(23)24/h4-9,12,15H,10-11H2,1-3H3,(H,19,22)/t15-/m0/s1. The van der Waals surface area contributed by atoms with Gasteiger partial charge in [0.1, 0.15) is 0 Å². The number of benzene rings is 1. The van der Waals surface area contributed by atoms with Crippen LogP contribution in [0, 0.1) is 15.5 Å². The molecule has 7 heteroatoms. The summed E-state index contributed by atoms with van der Waals surface area (Å²) in [5.41, 5.74) is 0.478. The van der Waals surface area contributed by atoms with E-state index in [0.717, 1.165) is 0 Å². The fraction of sp³-hybridized carbons (Fsp3) is 0.412. The summed E-state index contributed by atoms with van der Waals surface area (Å²) in [5, 5.41) is 13.9. The second kappa shape index (κ2) is 7.25. The van der Waals surface area contributed by atoms with E-state index in [1.165, 1.54) is 12.1 Å². The highest BCUT2D eigenvalue weighted by Crippen LogP contribution is 2.21. The van der Waals surface area contributed by atoms with Crippen LogP contribution in [0.4, 0.5) is 5.69 Å². The lowest BCUT2D eigenvalue weighted by molar-refractivity contribution is -0.384. The molecule has 0 bridgehead atoms. The van der Waals surface area contributed by atoms with Crippen LogP contribution in [0.5, 0.6) is 0 Å². The smallest absolute Gasteiger partial charge is 0.269 e. The molecule has 2 aromatic rings. The van der Waals surface area contributed by atoms with Gasteiger partial charge in [0.15, 0.2) is 0 Å². The lowest BCUT2D eigenvalue weighted by Crippen LogP contribution is -2.46. The summed E-state index contributed by atoms with van der Waals surface area (Å²) >= 11 is 0. The molecular weight excluding hydrogens is 308 g/mol. The van der Waals surface area contributed by atoms with E-state index in [2.05, 4.69) is 31.1 Å². The van der Waals surface area contributed by atoms with Crippen LogP contribution in [-0.2, 0) is 17.8 Å². The van der Waals surface area contributed by atoms with Crippen LogP contribution >= 0.6 is 0 Å². The first kappa shape index (κ1) is 17.7. The largest absolute Gasteiger partial charge is 0.351 e. The molecule has 0 saturated heterocycles. The summed E-state index contributed by atoms with van der Waals surface area (Å²) in [6.45, 7) is 6.79. The Balaban J connectivity index is 2.05. The highest BCUT2D eigenvalue weighted by molar-refractivity contribution is 5.79. The third kappa shape index (κ3) is 4.91. The third-order valence-electron chi connectivity index (χ3n) is 3.82. The number of imidazole rings is 1. The molecule has 1 heterocycles. The first-order chi connectivity index (χ1) is 11.3. The maximum Gasteiger partial charge on any atom is 0.269 e. The molecule has 0 aliphatic carbocycles. The minimum Gasteiger partial charge on any atom is -0.351 e. The lowest BCUT2D eigenvalue weighted by atomic mass is 9.86. The van der Waals surface area contributed by atoms with Gasteiger partial charge in [-0.1, -0.05) is 32.9 Å². The number of nitro benzene ring substituents is 1. The summed E-state index contributed by atoms with van der Waals surface area (Å²) < 4.78 is 1.92. The summed E-state index contributed by atoms with van der Waals surface area (Å²) in [6.07, 6.45) is 5.37. The van der Waals surface area contributed by atoms with Crippen LogP contribution in [0.15, 0.2) is 43.0 Å². The number of nitro groups is 1. The van der Waals surface area contributed by atoms with Gasteiger partial charge < -0.3 is 9.88 Å². The lowest BCUT2D eigenvalue weighted by Gasteiger charge is -2.31. The summed E-state index contributed by atoms with van der Waals surface area (Å²) in [5.74, 6) is -0.157. The average Bonchev–Trinajstić information content (AvgIpc) is 2.99. The second-order valence-electron chi connectivity index (χ2n) is 6.85. The number of nitrogens with zero attached hydrogens (tertiary/aromatic N) is 3. The van der Waals surface area contributed by atoms with Crippen LogP contribution in [0.2, 0.25) is 0 Å². The minimum absolute atomic E-state index is 0.00825. The molecule has 1 atom stereocenters. The predicted octanol–water partition coefficient (Wildman–Crippen LogP) is 2.56. The Morgan fingerprint density at radius 2 is 2.17 bits per heavy atom. The maximum absolute atomic E-state index is 12.4. The van der Waals surface area contributed by atoms with Gasteiger partial charge in [0, 0.05) is 31.1 Å². The van der Waals surface area contributed by atoms with Crippen molar-refractivity contribution >= 4 is 11.6 Å². The Morgan fingerprint density at radius 1 is 1.42 bits per heavy atom. The quantitative estimate of drug-likeness (QED) is 0.651. The van der Waals surface area contributed by atoms with Crippen molar-refractivity contribution in [2.24, 2.45) is 5.41 Å². The van der Waals surface area contributed by atoms with Crippen molar-refractivity contribution in [3.63, 3.8) is 0 Å². The molecule has 0 radical (unpaired) electrons. The van der Waals surface area contributed by atoms with Crippen LogP contribution in [0.1, 0.15) is 26.3 Å². The first-order valence-electron chi connectivity index (χ1n) is 7.74. The minimum atomic E-state index is -0.460. The molecule has 24 heavy (non-hydrogen) atoms. The molecule has 1 amide bonds. The zero-order valence-electron chi connectivity index (χ0n) is 14.1. The number of rotatable bonds is 6. The van der Waals surface area contributed by atoms with Crippen LogP contribution < -0.4 is 5.32 Å². The molecule has 0 aliphatic rings. The monoisotopic (exact) mass is 330 g/mol. The van der Waals surface area contributed by atoms with E-state index in [1.54, 1.807) is 24.7 Å². The Morgan fingerprint density at radius 3 is 2.75 bits per heavy atom. The number of hydrogen-bond acceptors (Lipinski definition) is 4. The molecule has 2 rings (SSSR count). The van der Waals surface area contributed by atoms with E-state index in [4.69, 9.17) is 0 Å². The normalized spacial score (nSPS) is 12.6. The Hall–Kier alpha value is -2.70. The number of nitrogens with one attached hydrogen (secondary N) is 1. The van der Waals surface area contributed by atoms with Crippen molar-refractivity contribution < 1.29 is 9.72 Å². The van der Waals surface area contributed by atoms with E-state index in [9.17, 15) is 14.9 Å². The fourth-order valence-electron chi connectivity index (χ4n) is 2.35. The van der Waals surface area contributed by atoms with Crippen LogP contribution in [0.25, 0.3) is 0 Å². The average molecular weight is 330 g/mol. The predicted molar refractivity (Wildman–Crippen MR) is 90.4 cm³/mol. The molecule has 128 valence electrons. The Kier molecular flexibility index (Phi) is 5.33. The molecule has 0 spiro atoms. The van der Waals surface area contributed by atoms with Crippen molar-refractivity contribution in [1.29, 1.82) is 0 Å². The van der Waals surface area contributed by atoms with Gasteiger partial charge in [0.2, 0.25) is 5.91 Å². The summed E-state index contributed by atoms with van der Waals surface area (Å²) in [7, 11) is 0. The van der Waals surface area contributed by atoms with Gasteiger partial charge in [-0.3, -0.25) is 14.9 Å². The van der Waals surface area contributed by atoms with Crippen molar-refractivity contribution in [2.75, 3.05) is 0 Å². The first-order valence-corrected chi connectivity index (χ1v) is 7.74. The molecule has 0 fully saturated rings. The molecule has 1 aromatic carbocycles. The maximum atomic E-state index is 12.4.